The van der Waals surface area contributed by atoms with E-state index in [1.165, 1.54) is 11.1 Å². The van der Waals surface area contributed by atoms with E-state index in [1.54, 1.807) is 7.11 Å². The Bertz CT molecular complexity index is 417. The molecule has 0 atom stereocenters. The number of methoxy groups -OCH3 is 1. The Balaban J connectivity index is 1.90. The lowest BCUT2D eigenvalue weighted by Gasteiger charge is -2.29. The standard InChI is InChI=1S/C15H20N2O/c1-18-12-15-4-2-3-14(9-15)11-17-7-5-13(10-16)6-8-17/h2-4,9,13H,5-8,11-12H2,1H3. The van der Waals surface area contributed by atoms with E-state index < -0.39 is 0 Å². The molecule has 3 nitrogen and oxygen atoms in total. The summed E-state index contributed by atoms with van der Waals surface area (Å²) in [6.07, 6.45) is 2.02. The fourth-order valence-electron chi connectivity index (χ4n) is 2.46. The van der Waals surface area contributed by atoms with Gasteiger partial charge >= 0.3 is 0 Å². The first-order valence-corrected chi connectivity index (χ1v) is 6.50. The Labute approximate surface area is 109 Å². The molecule has 0 bridgehead atoms. The van der Waals surface area contributed by atoms with Gasteiger partial charge in [0.1, 0.15) is 0 Å². The second kappa shape index (κ2) is 6.53. The van der Waals surface area contributed by atoms with Crippen LogP contribution in [0.25, 0.3) is 0 Å². The third-order valence-corrected chi connectivity index (χ3v) is 3.48. The largest absolute Gasteiger partial charge is 0.380 e. The van der Waals surface area contributed by atoms with Crippen molar-refractivity contribution >= 4 is 0 Å². The molecule has 0 aliphatic carbocycles. The molecule has 96 valence electrons. The van der Waals surface area contributed by atoms with E-state index >= 15 is 0 Å². The quantitative estimate of drug-likeness (QED) is 0.816. The summed E-state index contributed by atoms with van der Waals surface area (Å²) in [6, 6.07) is 10.9. The summed E-state index contributed by atoms with van der Waals surface area (Å²) in [4.78, 5) is 2.43. The van der Waals surface area contributed by atoms with Gasteiger partial charge in [0.25, 0.3) is 0 Å². The number of nitrogens with zero attached hydrogens (tertiary/aromatic N) is 2. The minimum absolute atomic E-state index is 0.265. The highest BCUT2D eigenvalue weighted by Crippen LogP contribution is 2.18. The van der Waals surface area contributed by atoms with Gasteiger partial charge in [-0.1, -0.05) is 24.3 Å². The van der Waals surface area contributed by atoms with Crippen molar-refractivity contribution in [2.45, 2.75) is 26.0 Å². The monoisotopic (exact) mass is 244 g/mol. The van der Waals surface area contributed by atoms with Crippen LogP contribution in [0.5, 0.6) is 0 Å². The molecule has 0 radical (unpaired) electrons. The van der Waals surface area contributed by atoms with Gasteiger partial charge in [-0.25, -0.2) is 0 Å². The maximum absolute atomic E-state index is 8.88. The van der Waals surface area contributed by atoms with Gasteiger partial charge in [-0.15, -0.1) is 0 Å². The number of likely N-dealkylation sites (tertiary alicyclic amines) is 1. The molecule has 1 saturated heterocycles. The highest BCUT2D eigenvalue weighted by molar-refractivity contribution is 5.23. The summed E-state index contributed by atoms with van der Waals surface area (Å²) in [5, 5.41) is 8.88. The highest BCUT2D eigenvalue weighted by Gasteiger charge is 2.18. The van der Waals surface area contributed by atoms with Gasteiger partial charge in [0.05, 0.1) is 12.7 Å². The normalized spacial score (nSPS) is 17.6. The molecule has 1 aromatic carbocycles. The summed E-state index contributed by atoms with van der Waals surface area (Å²) in [5.41, 5.74) is 2.56. The van der Waals surface area contributed by atoms with Gasteiger partial charge in [0.2, 0.25) is 0 Å². The van der Waals surface area contributed by atoms with Crippen molar-refractivity contribution < 1.29 is 4.74 Å². The predicted molar refractivity (Wildman–Crippen MR) is 70.8 cm³/mol. The summed E-state index contributed by atoms with van der Waals surface area (Å²) >= 11 is 0. The zero-order valence-corrected chi connectivity index (χ0v) is 10.9. The van der Waals surface area contributed by atoms with Crippen LogP contribution in [0.2, 0.25) is 0 Å². The van der Waals surface area contributed by atoms with Crippen LogP contribution in [0.15, 0.2) is 24.3 Å². The van der Waals surface area contributed by atoms with Crippen molar-refractivity contribution in [2.24, 2.45) is 5.92 Å². The van der Waals surface area contributed by atoms with Crippen LogP contribution in [-0.4, -0.2) is 25.1 Å². The number of hydrogen-bond donors (Lipinski definition) is 0. The van der Waals surface area contributed by atoms with Gasteiger partial charge in [-0.05, 0) is 37.1 Å². The number of nitriles is 1. The van der Waals surface area contributed by atoms with Crippen molar-refractivity contribution in [2.75, 3.05) is 20.2 Å². The summed E-state index contributed by atoms with van der Waals surface area (Å²) in [6.45, 7) is 3.72. The SMILES string of the molecule is COCc1cccc(CN2CCC(C#N)CC2)c1. The van der Waals surface area contributed by atoms with Gasteiger partial charge in [0.15, 0.2) is 0 Å². The van der Waals surface area contributed by atoms with Crippen LogP contribution >= 0.6 is 0 Å². The summed E-state index contributed by atoms with van der Waals surface area (Å²) in [5.74, 6) is 0.265. The lowest BCUT2D eigenvalue weighted by atomic mass is 9.98. The fraction of sp³-hybridized carbons (Fsp3) is 0.533. The number of piperidine rings is 1. The maximum Gasteiger partial charge on any atom is 0.0713 e. The second-order valence-electron chi connectivity index (χ2n) is 4.93. The van der Waals surface area contributed by atoms with Crippen LogP contribution in [-0.2, 0) is 17.9 Å². The molecule has 1 heterocycles. The molecule has 18 heavy (non-hydrogen) atoms. The average molecular weight is 244 g/mol. The molecule has 1 aliphatic heterocycles. The molecule has 1 fully saturated rings. The van der Waals surface area contributed by atoms with Crippen molar-refractivity contribution in [1.82, 2.24) is 4.90 Å². The number of rotatable bonds is 4. The minimum Gasteiger partial charge on any atom is -0.380 e. The van der Waals surface area contributed by atoms with Crippen molar-refractivity contribution in [3.05, 3.63) is 35.4 Å². The molecule has 0 aromatic heterocycles. The molecule has 3 heteroatoms. The molecule has 0 unspecified atom stereocenters. The Kier molecular flexibility index (Phi) is 4.74. The van der Waals surface area contributed by atoms with Crippen LogP contribution < -0.4 is 0 Å². The predicted octanol–water partition coefficient (Wildman–Crippen LogP) is 2.57. The van der Waals surface area contributed by atoms with Crippen LogP contribution in [0, 0.1) is 17.2 Å². The van der Waals surface area contributed by atoms with Crippen LogP contribution in [0.4, 0.5) is 0 Å². The van der Waals surface area contributed by atoms with E-state index in [0.29, 0.717) is 6.61 Å². The van der Waals surface area contributed by atoms with E-state index in [-0.39, 0.29) is 5.92 Å². The van der Waals surface area contributed by atoms with E-state index in [0.717, 1.165) is 32.5 Å². The zero-order valence-electron chi connectivity index (χ0n) is 10.9. The smallest absolute Gasteiger partial charge is 0.0713 e. The first-order valence-electron chi connectivity index (χ1n) is 6.50. The van der Waals surface area contributed by atoms with Gasteiger partial charge in [0, 0.05) is 19.6 Å². The molecular weight excluding hydrogens is 224 g/mol. The fourth-order valence-corrected chi connectivity index (χ4v) is 2.46. The lowest BCUT2D eigenvalue weighted by Crippen LogP contribution is -2.32. The zero-order chi connectivity index (χ0) is 12.8. The highest BCUT2D eigenvalue weighted by atomic mass is 16.5. The van der Waals surface area contributed by atoms with Crippen LogP contribution in [0.3, 0.4) is 0 Å². The average Bonchev–Trinajstić information content (AvgIpc) is 2.40. The number of hydrogen-bond acceptors (Lipinski definition) is 3. The molecule has 0 spiro atoms. The van der Waals surface area contributed by atoms with Gasteiger partial charge < -0.3 is 4.74 Å². The van der Waals surface area contributed by atoms with E-state index in [4.69, 9.17) is 10.00 Å². The lowest BCUT2D eigenvalue weighted by molar-refractivity contribution is 0.184. The molecule has 0 saturated carbocycles. The van der Waals surface area contributed by atoms with Crippen LogP contribution in [0.1, 0.15) is 24.0 Å². The number of benzene rings is 1. The van der Waals surface area contributed by atoms with Crippen molar-refractivity contribution in [3.8, 4) is 6.07 Å². The Hall–Kier alpha value is -1.37. The Morgan fingerprint density at radius 1 is 1.33 bits per heavy atom. The van der Waals surface area contributed by atoms with E-state index in [2.05, 4.69) is 35.2 Å². The molecule has 0 N–H and O–H groups in total. The van der Waals surface area contributed by atoms with Gasteiger partial charge in [-0.3, -0.25) is 4.90 Å². The molecular formula is C15H20N2O. The topological polar surface area (TPSA) is 36.3 Å². The van der Waals surface area contributed by atoms with Gasteiger partial charge in [-0.2, -0.15) is 5.26 Å². The summed E-state index contributed by atoms with van der Waals surface area (Å²) in [7, 11) is 1.72. The van der Waals surface area contributed by atoms with E-state index in [9.17, 15) is 0 Å². The molecule has 0 amide bonds. The minimum atomic E-state index is 0.265. The van der Waals surface area contributed by atoms with Crippen molar-refractivity contribution in [3.63, 3.8) is 0 Å². The Morgan fingerprint density at radius 3 is 2.72 bits per heavy atom. The number of ether oxygens (including phenoxy) is 1. The molecule has 1 aromatic rings. The second-order valence-corrected chi connectivity index (χ2v) is 4.93. The Morgan fingerprint density at radius 2 is 2.06 bits per heavy atom. The van der Waals surface area contributed by atoms with Crippen molar-refractivity contribution in [1.29, 1.82) is 5.26 Å². The molecule has 1 aliphatic rings. The first kappa shape index (κ1) is 13.1. The maximum atomic E-state index is 8.88. The third-order valence-electron chi connectivity index (χ3n) is 3.48. The van der Waals surface area contributed by atoms with E-state index in [1.807, 2.05) is 0 Å². The molecule has 2 rings (SSSR count). The first-order chi connectivity index (χ1) is 8.81. The summed E-state index contributed by atoms with van der Waals surface area (Å²) < 4.78 is 5.15. The third kappa shape index (κ3) is 3.56.